The second kappa shape index (κ2) is 9.96. The Morgan fingerprint density at radius 3 is 2.43 bits per heavy atom. The molecule has 3 aromatic carbocycles. The molecule has 0 unspecified atom stereocenters. The van der Waals surface area contributed by atoms with Gasteiger partial charge in [-0.25, -0.2) is 8.78 Å². The normalized spacial score (nSPS) is 15.7. The van der Waals surface area contributed by atoms with Crippen LogP contribution in [0.4, 0.5) is 8.78 Å². The number of carboxylic acid groups (broad SMARTS) is 1. The quantitative estimate of drug-likeness (QED) is 0.429. The van der Waals surface area contributed by atoms with Crippen molar-refractivity contribution in [1.82, 2.24) is 4.90 Å². The molecule has 1 heterocycles. The van der Waals surface area contributed by atoms with Gasteiger partial charge in [-0.1, -0.05) is 24.3 Å². The molecule has 3 aromatic rings. The lowest BCUT2D eigenvalue weighted by molar-refractivity contribution is -0.136. The summed E-state index contributed by atoms with van der Waals surface area (Å²) in [5.41, 5.74) is 4.06. The van der Waals surface area contributed by atoms with Crippen LogP contribution in [-0.2, 0) is 34.4 Å². The number of benzene rings is 3. The molecule has 2 aliphatic rings. The number of hydrogen-bond acceptors (Lipinski definition) is 3. The van der Waals surface area contributed by atoms with Gasteiger partial charge in [0.1, 0.15) is 17.4 Å². The maximum atomic E-state index is 14.9. The van der Waals surface area contributed by atoms with Gasteiger partial charge in [-0.3, -0.25) is 9.59 Å². The number of fused-ring (bicyclic) bond motifs is 1. The molecule has 0 radical (unpaired) electrons. The summed E-state index contributed by atoms with van der Waals surface area (Å²) >= 11 is 0. The number of halogens is 2. The summed E-state index contributed by atoms with van der Waals surface area (Å²) < 4.78 is 34.1. The van der Waals surface area contributed by atoms with E-state index in [1.807, 2.05) is 6.92 Å². The first kappa shape index (κ1) is 24.9. The second-order valence-corrected chi connectivity index (χ2v) is 9.92. The third-order valence-corrected chi connectivity index (χ3v) is 7.50. The van der Waals surface area contributed by atoms with Gasteiger partial charge in [0.2, 0.25) is 5.91 Å². The Morgan fingerprint density at radius 2 is 1.76 bits per heavy atom. The highest BCUT2D eigenvalue weighted by molar-refractivity contribution is 5.81. The number of aliphatic carboxylic acids is 1. The Balaban J connectivity index is 1.46. The monoisotopic (exact) mass is 505 g/mol. The highest BCUT2D eigenvalue weighted by atomic mass is 19.1. The Bertz CT molecular complexity index is 1350. The molecule has 1 N–H and O–H groups in total. The highest BCUT2D eigenvalue weighted by Gasteiger charge is 2.46. The summed E-state index contributed by atoms with van der Waals surface area (Å²) in [7, 11) is 0. The molecular formula is C30H29F2NO4. The van der Waals surface area contributed by atoms with E-state index in [9.17, 15) is 23.5 Å². The summed E-state index contributed by atoms with van der Waals surface area (Å²) in [5, 5.41) is 9.28. The molecule has 0 saturated heterocycles. The van der Waals surface area contributed by atoms with Gasteiger partial charge in [0, 0.05) is 30.5 Å². The summed E-state index contributed by atoms with van der Waals surface area (Å²) in [6, 6.07) is 14.7. The van der Waals surface area contributed by atoms with E-state index in [2.05, 4.69) is 0 Å². The number of ether oxygens (including phenoxy) is 1. The van der Waals surface area contributed by atoms with Crippen molar-refractivity contribution >= 4 is 11.9 Å². The van der Waals surface area contributed by atoms with E-state index in [-0.39, 0.29) is 35.9 Å². The van der Waals surface area contributed by atoms with Gasteiger partial charge in [-0.2, -0.15) is 0 Å². The van der Waals surface area contributed by atoms with Gasteiger partial charge in [0.05, 0.1) is 13.0 Å². The van der Waals surface area contributed by atoms with Crippen molar-refractivity contribution in [2.45, 2.75) is 51.0 Å². The number of hydrogen-bond donors (Lipinski definition) is 1. The molecule has 7 heteroatoms. The number of carbonyl (C=O) groups is 2. The third-order valence-electron chi connectivity index (χ3n) is 7.50. The Labute approximate surface area is 214 Å². The van der Waals surface area contributed by atoms with Gasteiger partial charge < -0.3 is 14.7 Å². The fourth-order valence-electron chi connectivity index (χ4n) is 5.37. The summed E-state index contributed by atoms with van der Waals surface area (Å²) in [5.74, 6) is -0.972. The molecule has 37 heavy (non-hydrogen) atoms. The van der Waals surface area contributed by atoms with Gasteiger partial charge in [0.25, 0.3) is 0 Å². The van der Waals surface area contributed by atoms with Crippen molar-refractivity contribution in [2.24, 2.45) is 0 Å². The Morgan fingerprint density at radius 1 is 1.00 bits per heavy atom. The fraction of sp³-hybridized carbons (Fsp3) is 0.333. The number of carbonyl (C=O) groups excluding carboxylic acids is 1. The third kappa shape index (κ3) is 5.08. The summed E-state index contributed by atoms with van der Waals surface area (Å²) in [4.78, 5) is 26.5. The van der Waals surface area contributed by atoms with Crippen LogP contribution in [0.2, 0.25) is 0 Å². The first-order valence-corrected chi connectivity index (χ1v) is 12.6. The molecule has 1 saturated carbocycles. The van der Waals surface area contributed by atoms with Gasteiger partial charge in [0.15, 0.2) is 0 Å². The van der Waals surface area contributed by atoms with E-state index < -0.39 is 5.97 Å². The van der Waals surface area contributed by atoms with E-state index in [4.69, 9.17) is 4.74 Å². The molecule has 1 aliphatic carbocycles. The maximum absolute atomic E-state index is 14.9. The van der Waals surface area contributed by atoms with Crippen LogP contribution in [0.15, 0.2) is 54.6 Å². The zero-order valence-electron chi connectivity index (χ0n) is 20.7. The lowest BCUT2D eigenvalue weighted by atomic mass is 9.88. The molecular weight excluding hydrogens is 476 g/mol. The maximum Gasteiger partial charge on any atom is 0.307 e. The predicted molar refractivity (Wildman–Crippen MR) is 135 cm³/mol. The molecule has 5 nitrogen and oxygen atoms in total. The van der Waals surface area contributed by atoms with Crippen LogP contribution < -0.4 is 4.74 Å². The van der Waals surface area contributed by atoms with Crippen LogP contribution in [0, 0.1) is 11.6 Å². The lowest BCUT2D eigenvalue weighted by Gasteiger charge is -2.32. The first-order valence-electron chi connectivity index (χ1n) is 12.6. The number of nitrogens with zero attached hydrogens (tertiary/aromatic N) is 1. The Hall–Kier alpha value is -3.74. The molecule has 0 atom stereocenters. The van der Waals surface area contributed by atoms with E-state index in [1.54, 1.807) is 41.3 Å². The molecule has 0 bridgehead atoms. The zero-order valence-corrected chi connectivity index (χ0v) is 20.7. The lowest BCUT2D eigenvalue weighted by Crippen LogP contribution is -2.38. The highest BCUT2D eigenvalue weighted by Crippen LogP contribution is 2.51. The first-order chi connectivity index (χ1) is 17.8. The van der Waals surface area contributed by atoms with Crippen LogP contribution >= 0.6 is 0 Å². The van der Waals surface area contributed by atoms with Crippen LogP contribution in [0.3, 0.4) is 0 Å². The largest absolute Gasteiger partial charge is 0.493 e. The second-order valence-electron chi connectivity index (χ2n) is 9.92. The summed E-state index contributed by atoms with van der Waals surface area (Å²) in [6.45, 7) is 2.97. The molecule has 1 fully saturated rings. The topological polar surface area (TPSA) is 66.8 Å². The smallest absolute Gasteiger partial charge is 0.307 e. The van der Waals surface area contributed by atoms with E-state index in [0.29, 0.717) is 48.4 Å². The van der Waals surface area contributed by atoms with Gasteiger partial charge in [-0.15, -0.1) is 0 Å². The van der Waals surface area contributed by atoms with E-state index >= 15 is 0 Å². The molecule has 0 aromatic heterocycles. The van der Waals surface area contributed by atoms with Crippen molar-refractivity contribution in [3.05, 3.63) is 88.5 Å². The number of carboxylic acids is 1. The standard InChI is InChI=1S/C30H29F2NO4/c1-2-37-27-10-3-19(16-29(35)36)15-24(27)22-8-9-26(32)23-11-14-33(18-25(22)23)28(34)17-30(12-13-30)20-4-6-21(31)7-5-20/h3-10,15H,2,11-14,16-18H2,1H3,(H,35,36). The van der Waals surface area contributed by atoms with E-state index in [0.717, 1.165) is 29.5 Å². The van der Waals surface area contributed by atoms with Crippen molar-refractivity contribution < 1.29 is 28.2 Å². The summed E-state index contributed by atoms with van der Waals surface area (Å²) in [6.07, 6.45) is 2.34. The van der Waals surface area contributed by atoms with Crippen molar-refractivity contribution in [2.75, 3.05) is 13.2 Å². The van der Waals surface area contributed by atoms with Crippen LogP contribution in [0.5, 0.6) is 5.75 Å². The average molecular weight is 506 g/mol. The molecule has 0 spiro atoms. The zero-order chi connectivity index (χ0) is 26.2. The van der Waals surface area contributed by atoms with Crippen molar-refractivity contribution in [3.8, 4) is 16.9 Å². The van der Waals surface area contributed by atoms with Crippen molar-refractivity contribution in [3.63, 3.8) is 0 Å². The van der Waals surface area contributed by atoms with Gasteiger partial charge >= 0.3 is 5.97 Å². The molecule has 1 amide bonds. The average Bonchev–Trinajstić information content (AvgIpc) is 3.66. The Kier molecular flexibility index (Phi) is 6.71. The van der Waals surface area contributed by atoms with Crippen LogP contribution in [0.1, 0.15) is 48.4 Å². The van der Waals surface area contributed by atoms with Crippen LogP contribution in [0.25, 0.3) is 11.1 Å². The number of rotatable bonds is 8. The number of amides is 1. The van der Waals surface area contributed by atoms with Crippen molar-refractivity contribution in [1.29, 1.82) is 0 Å². The minimum absolute atomic E-state index is 0.00709. The molecule has 1 aliphatic heterocycles. The minimum Gasteiger partial charge on any atom is -0.493 e. The van der Waals surface area contributed by atoms with Crippen LogP contribution in [-0.4, -0.2) is 35.0 Å². The SMILES string of the molecule is CCOc1ccc(CC(=O)O)cc1-c1ccc(F)c2c1CN(C(=O)CC1(c3ccc(F)cc3)CC1)CC2. The minimum atomic E-state index is -0.942. The predicted octanol–water partition coefficient (Wildman–Crippen LogP) is 5.66. The van der Waals surface area contributed by atoms with Gasteiger partial charge in [-0.05, 0) is 84.3 Å². The molecule has 192 valence electrons. The molecule has 5 rings (SSSR count). The fourth-order valence-corrected chi connectivity index (χ4v) is 5.37. The van der Waals surface area contributed by atoms with E-state index in [1.165, 1.54) is 18.2 Å².